The second-order valence-electron chi connectivity index (χ2n) is 3.34. The molecule has 0 radical (unpaired) electrons. The number of hydrogen-bond donors (Lipinski definition) is 1. The van der Waals surface area contributed by atoms with Gasteiger partial charge in [0.1, 0.15) is 11.6 Å². The van der Waals surface area contributed by atoms with Gasteiger partial charge in [-0.05, 0) is 53.0 Å². The van der Waals surface area contributed by atoms with Gasteiger partial charge in [-0.25, -0.2) is 8.78 Å². The number of benzene rings is 1. The summed E-state index contributed by atoms with van der Waals surface area (Å²) >= 11 is 4.80. The molecule has 0 amide bonds. The van der Waals surface area contributed by atoms with Crippen molar-refractivity contribution in [2.45, 2.75) is 13.0 Å². The van der Waals surface area contributed by atoms with Crippen LogP contribution in [0.2, 0.25) is 0 Å². The molecular formula is C11H14BrF2NS. The molecule has 0 aromatic heterocycles. The van der Waals surface area contributed by atoms with Crippen LogP contribution in [-0.4, -0.2) is 18.6 Å². The van der Waals surface area contributed by atoms with Crippen molar-refractivity contribution < 1.29 is 8.78 Å². The minimum Gasteiger partial charge on any atom is -0.312 e. The number of nitrogens with one attached hydrogen (secondary N) is 1. The number of thioether (sulfide) groups is 1. The van der Waals surface area contributed by atoms with Crippen LogP contribution in [0.4, 0.5) is 8.78 Å². The summed E-state index contributed by atoms with van der Waals surface area (Å²) in [6.07, 6.45) is 3.03. The van der Waals surface area contributed by atoms with Crippen LogP contribution in [0.5, 0.6) is 0 Å². The van der Waals surface area contributed by atoms with Gasteiger partial charge in [0, 0.05) is 12.1 Å². The molecule has 0 spiro atoms. The van der Waals surface area contributed by atoms with Crippen LogP contribution >= 0.6 is 27.7 Å². The van der Waals surface area contributed by atoms with Gasteiger partial charge in [-0.3, -0.25) is 0 Å². The van der Waals surface area contributed by atoms with Crippen LogP contribution in [0, 0.1) is 11.6 Å². The lowest BCUT2D eigenvalue weighted by Gasteiger charge is -2.07. The lowest BCUT2D eigenvalue weighted by Crippen LogP contribution is -2.17. The van der Waals surface area contributed by atoms with Crippen LogP contribution in [0.15, 0.2) is 16.6 Å². The molecule has 0 aliphatic carbocycles. The van der Waals surface area contributed by atoms with Gasteiger partial charge < -0.3 is 5.32 Å². The molecule has 0 saturated carbocycles. The van der Waals surface area contributed by atoms with E-state index in [9.17, 15) is 8.78 Å². The zero-order valence-electron chi connectivity index (χ0n) is 9.03. The summed E-state index contributed by atoms with van der Waals surface area (Å²) in [5.74, 6) is 0.0339. The van der Waals surface area contributed by atoms with Crippen molar-refractivity contribution in [1.82, 2.24) is 5.32 Å². The van der Waals surface area contributed by atoms with Crippen LogP contribution in [0.1, 0.15) is 12.0 Å². The quantitative estimate of drug-likeness (QED) is 0.637. The Labute approximate surface area is 107 Å². The molecule has 16 heavy (non-hydrogen) atoms. The van der Waals surface area contributed by atoms with E-state index in [2.05, 4.69) is 21.2 Å². The van der Waals surface area contributed by atoms with E-state index < -0.39 is 11.6 Å². The highest BCUT2D eigenvalue weighted by molar-refractivity contribution is 9.10. The monoisotopic (exact) mass is 309 g/mol. The normalized spacial score (nSPS) is 10.8. The Balaban J connectivity index is 2.50. The molecule has 5 heteroatoms. The van der Waals surface area contributed by atoms with E-state index in [-0.39, 0.29) is 12.1 Å². The summed E-state index contributed by atoms with van der Waals surface area (Å²) < 4.78 is 27.1. The van der Waals surface area contributed by atoms with Crippen molar-refractivity contribution in [3.05, 3.63) is 33.8 Å². The Morgan fingerprint density at radius 1 is 1.38 bits per heavy atom. The first kappa shape index (κ1) is 13.9. The molecule has 90 valence electrons. The number of hydrogen-bond acceptors (Lipinski definition) is 2. The summed E-state index contributed by atoms with van der Waals surface area (Å²) in [6, 6.07) is 2.65. The lowest BCUT2D eigenvalue weighted by molar-refractivity contribution is 0.532. The maximum atomic E-state index is 13.5. The highest BCUT2D eigenvalue weighted by atomic mass is 79.9. The number of halogens is 3. The van der Waals surface area contributed by atoms with Crippen LogP contribution < -0.4 is 5.32 Å². The van der Waals surface area contributed by atoms with Crippen molar-refractivity contribution in [2.24, 2.45) is 0 Å². The van der Waals surface area contributed by atoms with Crippen LogP contribution in [-0.2, 0) is 6.54 Å². The van der Waals surface area contributed by atoms with Gasteiger partial charge in [-0.1, -0.05) is 0 Å². The molecule has 0 fully saturated rings. The van der Waals surface area contributed by atoms with Crippen molar-refractivity contribution >= 4 is 27.7 Å². The third kappa shape index (κ3) is 4.03. The van der Waals surface area contributed by atoms with E-state index in [0.717, 1.165) is 18.7 Å². The SMILES string of the molecule is CSCCCNCc1c(F)ccc(Br)c1F. The highest BCUT2D eigenvalue weighted by Gasteiger charge is 2.11. The van der Waals surface area contributed by atoms with Crippen molar-refractivity contribution in [2.75, 3.05) is 18.6 Å². The van der Waals surface area contributed by atoms with Gasteiger partial charge in [0.2, 0.25) is 0 Å². The minimum absolute atomic E-state index is 0.0959. The summed E-state index contributed by atoms with van der Waals surface area (Å²) in [5, 5.41) is 3.03. The van der Waals surface area contributed by atoms with E-state index in [4.69, 9.17) is 0 Å². The minimum atomic E-state index is -0.516. The van der Waals surface area contributed by atoms with E-state index >= 15 is 0 Å². The standard InChI is InChI=1S/C11H14BrF2NS/c1-16-6-2-5-15-7-8-10(13)4-3-9(12)11(8)14/h3-4,15H,2,5-7H2,1H3. The maximum Gasteiger partial charge on any atom is 0.144 e. The predicted molar refractivity (Wildman–Crippen MR) is 68.8 cm³/mol. The van der Waals surface area contributed by atoms with Crippen molar-refractivity contribution in [3.63, 3.8) is 0 Å². The molecular weight excluding hydrogens is 296 g/mol. The Bertz CT molecular complexity index is 347. The van der Waals surface area contributed by atoms with Crippen LogP contribution in [0.25, 0.3) is 0 Å². The molecule has 1 rings (SSSR count). The molecule has 0 heterocycles. The second-order valence-corrected chi connectivity index (χ2v) is 5.18. The molecule has 0 atom stereocenters. The molecule has 0 unspecified atom stereocenters. The van der Waals surface area contributed by atoms with Gasteiger partial charge in [0.25, 0.3) is 0 Å². The summed E-state index contributed by atoms with van der Waals surface area (Å²) in [4.78, 5) is 0. The summed E-state index contributed by atoms with van der Waals surface area (Å²) in [7, 11) is 0. The zero-order chi connectivity index (χ0) is 12.0. The molecule has 1 aromatic carbocycles. The second kappa shape index (κ2) is 7.25. The zero-order valence-corrected chi connectivity index (χ0v) is 11.4. The first-order valence-corrected chi connectivity index (χ1v) is 7.17. The third-order valence-electron chi connectivity index (χ3n) is 2.14. The molecule has 1 aromatic rings. The summed E-state index contributed by atoms with van der Waals surface area (Å²) in [6.45, 7) is 0.998. The maximum absolute atomic E-state index is 13.5. The largest absolute Gasteiger partial charge is 0.312 e. The Morgan fingerprint density at radius 3 is 2.81 bits per heavy atom. The average Bonchev–Trinajstić information content (AvgIpc) is 2.28. The molecule has 0 saturated heterocycles. The topological polar surface area (TPSA) is 12.0 Å². The Kier molecular flexibility index (Phi) is 6.31. The fourth-order valence-corrected chi connectivity index (χ4v) is 2.09. The smallest absolute Gasteiger partial charge is 0.144 e. The molecule has 1 N–H and O–H groups in total. The number of rotatable bonds is 6. The van der Waals surface area contributed by atoms with E-state index in [1.54, 1.807) is 11.8 Å². The van der Waals surface area contributed by atoms with E-state index in [1.165, 1.54) is 12.1 Å². The molecule has 0 bridgehead atoms. The van der Waals surface area contributed by atoms with Gasteiger partial charge in [-0.15, -0.1) is 0 Å². The molecule has 0 aliphatic heterocycles. The van der Waals surface area contributed by atoms with Gasteiger partial charge >= 0.3 is 0 Å². The first-order chi connectivity index (χ1) is 7.66. The molecule has 0 aliphatic rings. The average molecular weight is 310 g/mol. The van der Waals surface area contributed by atoms with Gasteiger partial charge in [-0.2, -0.15) is 11.8 Å². The van der Waals surface area contributed by atoms with Gasteiger partial charge in [0.15, 0.2) is 0 Å². The Hall–Kier alpha value is -0.130. The van der Waals surface area contributed by atoms with E-state index in [1.807, 2.05) is 6.26 Å². The highest BCUT2D eigenvalue weighted by Crippen LogP contribution is 2.21. The summed E-state index contributed by atoms with van der Waals surface area (Å²) in [5.41, 5.74) is 0.0959. The van der Waals surface area contributed by atoms with Crippen molar-refractivity contribution in [1.29, 1.82) is 0 Å². The fourth-order valence-electron chi connectivity index (χ4n) is 1.29. The van der Waals surface area contributed by atoms with Crippen LogP contribution in [0.3, 0.4) is 0 Å². The first-order valence-electron chi connectivity index (χ1n) is 4.99. The predicted octanol–water partition coefficient (Wildman–Crippen LogP) is 3.57. The fraction of sp³-hybridized carbons (Fsp3) is 0.455. The van der Waals surface area contributed by atoms with Crippen molar-refractivity contribution in [3.8, 4) is 0 Å². The van der Waals surface area contributed by atoms with Gasteiger partial charge in [0.05, 0.1) is 4.47 Å². The van der Waals surface area contributed by atoms with E-state index in [0.29, 0.717) is 4.47 Å². The Morgan fingerprint density at radius 2 is 2.12 bits per heavy atom. The molecule has 1 nitrogen and oxygen atoms in total. The lowest BCUT2D eigenvalue weighted by atomic mass is 10.2. The third-order valence-corrected chi connectivity index (χ3v) is 3.45.